The first-order valence-corrected chi connectivity index (χ1v) is 16.4. The van der Waals surface area contributed by atoms with Crippen LogP contribution in [0.25, 0.3) is 11.1 Å². The standard InChI is InChI=1S/C37H53NO2/c1-3-5-7-9-10-11-12-14-16-31-17-19-32(20-18-31)33-21-23-34(24-22-33)36(39)40-35-25-28-37(30-38,29-26-35)27-15-13-8-6-4-2/h17-24,35H,3-16,25-29H2,1-2H3. The molecule has 2 aromatic carbocycles. The Morgan fingerprint density at radius 2 is 1.25 bits per heavy atom. The SMILES string of the molecule is CCCCCCCCCCc1ccc(-c2ccc(C(=O)OC3CCC(C#N)(CCCCCCC)CC3)cc2)cc1. The van der Waals surface area contributed by atoms with Gasteiger partial charge in [0.05, 0.1) is 17.0 Å². The summed E-state index contributed by atoms with van der Waals surface area (Å²) in [5.41, 5.74) is 4.07. The van der Waals surface area contributed by atoms with Crippen LogP contribution >= 0.6 is 0 Å². The van der Waals surface area contributed by atoms with Crippen molar-refractivity contribution in [2.75, 3.05) is 0 Å². The Morgan fingerprint density at radius 1 is 0.750 bits per heavy atom. The zero-order valence-electron chi connectivity index (χ0n) is 25.4. The van der Waals surface area contributed by atoms with E-state index in [1.807, 2.05) is 24.3 Å². The van der Waals surface area contributed by atoms with Gasteiger partial charge < -0.3 is 4.74 Å². The molecule has 0 heterocycles. The maximum absolute atomic E-state index is 12.8. The Bertz CT molecular complexity index is 1010. The van der Waals surface area contributed by atoms with E-state index in [0.717, 1.165) is 50.5 Å². The van der Waals surface area contributed by atoms with Crippen molar-refractivity contribution >= 4 is 5.97 Å². The van der Waals surface area contributed by atoms with Crippen LogP contribution in [0.5, 0.6) is 0 Å². The first-order chi connectivity index (χ1) is 19.6. The highest BCUT2D eigenvalue weighted by molar-refractivity contribution is 5.90. The fraction of sp³-hybridized carbons (Fsp3) is 0.622. The molecule has 0 atom stereocenters. The summed E-state index contributed by atoms with van der Waals surface area (Å²) in [5, 5.41) is 9.86. The van der Waals surface area contributed by atoms with Crippen LogP contribution in [0, 0.1) is 16.7 Å². The molecule has 0 radical (unpaired) electrons. The Morgan fingerprint density at radius 3 is 1.80 bits per heavy atom. The first-order valence-electron chi connectivity index (χ1n) is 16.4. The second kappa shape index (κ2) is 18.0. The summed E-state index contributed by atoms with van der Waals surface area (Å²) in [4.78, 5) is 12.8. The smallest absolute Gasteiger partial charge is 0.338 e. The van der Waals surface area contributed by atoms with Crippen molar-refractivity contribution in [2.45, 2.75) is 142 Å². The van der Waals surface area contributed by atoms with Gasteiger partial charge in [-0.1, -0.05) is 127 Å². The van der Waals surface area contributed by atoms with Crippen molar-refractivity contribution in [3.05, 3.63) is 59.7 Å². The van der Waals surface area contributed by atoms with Gasteiger partial charge in [0.1, 0.15) is 6.10 Å². The number of nitrogens with zero attached hydrogens (tertiary/aromatic N) is 1. The predicted octanol–water partition coefficient (Wildman–Crippen LogP) is 11.0. The maximum Gasteiger partial charge on any atom is 0.338 e. The number of nitriles is 1. The number of ether oxygens (including phenoxy) is 1. The maximum atomic E-state index is 12.8. The molecular formula is C37H53NO2. The van der Waals surface area contributed by atoms with E-state index in [-0.39, 0.29) is 17.5 Å². The number of hydrogen-bond donors (Lipinski definition) is 0. The van der Waals surface area contributed by atoms with E-state index in [9.17, 15) is 10.1 Å². The fourth-order valence-corrected chi connectivity index (χ4v) is 6.09. The summed E-state index contributed by atoms with van der Waals surface area (Å²) < 4.78 is 5.86. The summed E-state index contributed by atoms with van der Waals surface area (Å²) in [7, 11) is 0. The molecule has 1 aliphatic carbocycles. The molecule has 0 saturated heterocycles. The van der Waals surface area contributed by atoms with Crippen LogP contribution < -0.4 is 0 Å². The summed E-state index contributed by atoms with van der Waals surface area (Å²) >= 11 is 0. The zero-order chi connectivity index (χ0) is 28.5. The van der Waals surface area contributed by atoms with Gasteiger partial charge in [-0.2, -0.15) is 5.26 Å². The number of benzene rings is 2. The molecule has 0 N–H and O–H groups in total. The van der Waals surface area contributed by atoms with Crippen molar-refractivity contribution in [3.8, 4) is 17.2 Å². The molecule has 3 rings (SSSR count). The average molecular weight is 544 g/mol. The van der Waals surface area contributed by atoms with Crippen molar-refractivity contribution in [1.29, 1.82) is 5.26 Å². The van der Waals surface area contributed by atoms with Crippen LogP contribution in [0.4, 0.5) is 0 Å². The number of rotatable bonds is 18. The second-order valence-corrected chi connectivity index (χ2v) is 12.2. The predicted molar refractivity (Wildman–Crippen MR) is 167 cm³/mol. The third kappa shape index (κ3) is 10.8. The third-order valence-electron chi connectivity index (χ3n) is 8.89. The molecule has 1 fully saturated rings. The van der Waals surface area contributed by atoms with Crippen LogP contribution in [-0.2, 0) is 11.2 Å². The Labute approximate surface area is 244 Å². The lowest BCUT2D eigenvalue weighted by Gasteiger charge is -2.34. The van der Waals surface area contributed by atoms with E-state index in [1.54, 1.807) is 0 Å². The molecule has 0 aromatic heterocycles. The highest BCUT2D eigenvalue weighted by Gasteiger charge is 2.36. The fourth-order valence-electron chi connectivity index (χ4n) is 6.09. The second-order valence-electron chi connectivity index (χ2n) is 12.2. The first kappa shape index (κ1) is 31.9. The van der Waals surface area contributed by atoms with E-state index in [4.69, 9.17) is 4.74 Å². The van der Waals surface area contributed by atoms with Gasteiger partial charge in [0.15, 0.2) is 0 Å². The lowest BCUT2D eigenvalue weighted by molar-refractivity contribution is 0.0105. The van der Waals surface area contributed by atoms with Crippen molar-refractivity contribution < 1.29 is 9.53 Å². The molecule has 1 aliphatic rings. The van der Waals surface area contributed by atoms with Gasteiger partial charge in [-0.25, -0.2) is 4.79 Å². The quantitative estimate of drug-likeness (QED) is 0.139. The number of hydrogen-bond acceptors (Lipinski definition) is 3. The normalized spacial score (nSPS) is 18.8. The van der Waals surface area contributed by atoms with E-state index in [1.165, 1.54) is 88.2 Å². The van der Waals surface area contributed by atoms with E-state index < -0.39 is 0 Å². The Kier molecular flexibility index (Phi) is 14.3. The number of aryl methyl sites for hydroxylation is 1. The average Bonchev–Trinajstić information content (AvgIpc) is 3.00. The topological polar surface area (TPSA) is 50.1 Å². The lowest BCUT2D eigenvalue weighted by Crippen LogP contribution is -2.31. The van der Waals surface area contributed by atoms with Crippen LogP contribution in [0.1, 0.15) is 145 Å². The monoisotopic (exact) mass is 543 g/mol. The van der Waals surface area contributed by atoms with Crippen molar-refractivity contribution in [1.82, 2.24) is 0 Å². The molecule has 3 heteroatoms. The van der Waals surface area contributed by atoms with E-state index in [2.05, 4.69) is 44.2 Å². The summed E-state index contributed by atoms with van der Waals surface area (Å²) in [6, 6.07) is 19.3. The molecule has 0 unspecified atom stereocenters. The summed E-state index contributed by atoms with van der Waals surface area (Å²) in [5.74, 6) is -0.249. The van der Waals surface area contributed by atoms with Gasteiger partial charge in [-0.05, 0) is 73.8 Å². The molecule has 1 saturated carbocycles. The molecule has 0 bridgehead atoms. The van der Waals surface area contributed by atoms with E-state index in [0.29, 0.717) is 5.56 Å². The number of carbonyl (C=O) groups is 1. The molecule has 0 amide bonds. The van der Waals surface area contributed by atoms with Gasteiger partial charge in [-0.3, -0.25) is 0 Å². The number of carbonyl (C=O) groups excluding carboxylic acids is 1. The number of esters is 1. The third-order valence-corrected chi connectivity index (χ3v) is 8.89. The molecule has 3 nitrogen and oxygen atoms in total. The van der Waals surface area contributed by atoms with Gasteiger partial charge in [0.2, 0.25) is 0 Å². The summed E-state index contributed by atoms with van der Waals surface area (Å²) in [6.07, 6.45) is 22.2. The van der Waals surface area contributed by atoms with Gasteiger partial charge >= 0.3 is 5.97 Å². The van der Waals surface area contributed by atoms with Crippen LogP contribution in [-0.4, -0.2) is 12.1 Å². The van der Waals surface area contributed by atoms with Gasteiger partial charge in [0.25, 0.3) is 0 Å². The van der Waals surface area contributed by atoms with Gasteiger partial charge in [0, 0.05) is 0 Å². The highest BCUT2D eigenvalue weighted by atomic mass is 16.5. The minimum absolute atomic E-state index is 0.0812. The number of unbranched alkanes of at least 4 members (excludes halogenated alkanes) is 11. The molecular weight excluding hydrogens is 490 g/mol. The highest BCUT2D eigenvalue weighted by Crippen LogP contribution is 2.41. The minimum Gasteiger partial charge on any atom is -0.459 e. The minimum atomic E-state index is -0.249. The van der Waals surface area contributed by atoms with Crippen LogP contribution in [0.15, 0.2) is 48.5 Å². The Hall–Kier alpha value is -2.60. The summed E-state index contributed by atoms with van der Waals surface area (Å²) in [6.45, 7) is 4.50. The van der Waals surface area contributed by atoms with Gasteiger partial charge in [-0.15, -0.1) is 0 Å². The molecule has 40 heavy (non-hydrogen) atoms. The van der Waals surface area contributed by atoms with E-state index >= 15 is 0 Å². The van der Waals surface area contributed by atoms with Crippen molar-refractivity contribution in [2.24, 2.45) is 5.41 Å². The zero-order valence-corrected chi connectivity index (χ0v) is 25.4. The van der Waals surface area contributed by atoms with Crippen LogP contribution in [0.3, 0.4) is 0 Å². The largest absolute Gasteiger partial charge is 0.459 e. The Balaban J connectivity index is 1.39. The molecule has 0 spiro atoms. The van der Waals surface area contributed by atoms with Crippen LogP contribution in [0.2, 0.25) is 0 Å². The van der Waals surface area contributed by atoms with Crippen molar-refractivity contribution in [3.63, 3.8) is 0 Å². The molecule has 218 valence electrons. The molecule has 2 aromatic rings. The lowest BCUT2D eigenvalue weighted by atomic mass is 9.71. The molecule has 0 aliphatic heterocycles.